The number of allylic oxidation sites excluding steroid dienone is 3. The van der Waals surface area contributed by atoms with Gasteiger partial charge in [0.15, 0.2) is 0 Å². The van der Waals surface area contributed by atoms with Gasteiger partial charge in [-0.1, -0.05) is 18.7 Å². The van der Waals surface area contributed by atoms with Gasteiger partial charge >= 0.3 is 12.1 Å². The van der Waals surface area contributed by atoms with Gasteiger partial charge in [-0.2, -0.15) is 13.2 Å². The van der Waals surface area contributed by atoms with Gasteiger partial charge in [0.1, 0.15) is 11.6 Å². The second-order valence-electron chi connectivity index (χ2n) is 12.2. The molecule has 236 valence electrons. The first kappa shape index (κ1) is 31.8. The van der Waals surface area contributed by atoms with E-state index in [4.69, 9.17) is 9.47 Å². The van der Waals surface area contributed by atoms with Crippen molar-refractivity contribution >= 4 is 5.97 Å². The molecule has 2 aromatic rings. The second kappa shape index (κ2) is 11.7. The number of carbonyl (C=O) groups is 1. The highest BCUT2D eigenvalue weighted by atomic mass is 19.4. The van der Waals surface area contributed by atoms with Gasteiger partial charge < -0.3 is 19.7 Å². The number of carboxylic acids is 1. The molecule has 0 spiro atoms. The van der Waals surface area contributed by atoms with Crippen molar-refractivity contribution in [3.63, 3.8) is 0 Å². The highest BCUT2D eigenvalue weighted by Crippen LogP contribution is 2.63. The largest absolute Gasteiger partial charge is 0.493 e. The summed E-state index contributed by atoms with van der Waals surface area (Å²) in [5, 5.41) is 19.2. The molecule has 5 rings (SSSR count). The Balaban J connectivity index is 1.42. The number of alkyl halides is 5. The Morgan fingerprint density at radius 3 is 2.50 bits per heavy atom. The molecule has 4 atom stereocenters. The average Bonchev–Trinajstić information content (AvgIpc) is 3.56. The Morgan fingerprint density at radius 1 is 1.14 bits per heavy atom. The molecule has 2 fully saturated rings. The van der Waals surface area contributed by atoms with Gasteiger partial charge in [-0.05, 0) is 90.8 Å². The lowest BCUT2D eigenvalue weighted by Crippen LogP contribution is -2.21. The van der Waals surface area contributed by atoms with E-state index in [-0.39, 0.29) is 42.2 Å². The topological polar surface area (TPSA) is 76.0 Å². The lowest BCUT2D eigenvalue weighted by molar-refractivity contribution is -0.139. The first-order valence-electron chi connectivity index (χ1n) is 14.2. The van der Waals surface area contributed by atoms with Crippen molar-refractivity contribution in [2.24, 2.45) is 17.8 Å². The van der Waals surface area contributed by atoms with Gasteiger partial charge in [0.25, 0.3) is 6.43 Å². The molecule has 5 nitrogen and oxygen atoms in total. The molecule has 0 saturated heterocycles. The molecule has 0 heterocycles. The minimum atomic E-state index is -5.05. The number of ether oxygens (including phenoxy) is 2. The SMILES string of the molecule is C=C1CC=C2C(=CC1OCc1cc(-c3ccc(OCCC(C)(C)O)cc3C(F)F)c(C(F)(F)F)cc1F)CC1C(C(=O)O)C21. The molecule has 3 aliphatic carbocycles. The zero-order chi connectivity index (χ0) is 32.1. The monoisotopic (exact) mass is 622 g/mol. The van der Waals surface area contributed by atoms with Crippen LogP contribution in [-0.2, 0) is 22.3 Å². The Kier molecular flexibility index (Phi) is 8.50. The van der Waals surface area contributed by atoms with E-state index in [1.54, 1.807) is 19.9 Å². The van der Waals surface area contributed by atoms with E-state index in [0.29, 0.717) is 18.4 Å². The van der Waals surface area contributed by atoms with E-state index in [2.05, 4.69) is 6.58 Å². The van der Waals surface area contributed by atoms with Gasteiger partial charge in [0, 0.05) is 23.5 Å². The molecule has 2 saturated carbocycles. The molecular formula is C33H32F6O5. The number of hydrogen-bond acceptors (Lipinski definition) is 4. The van der Waals surface area contributed by atoms with Crippen molar-refractivity contribution in [2.75, 3.05) is 6.61 Å². The van der Waals surface area contributed by atoms with Crippen molar-refractivity contribution in [1.82, 2.24) is 0 Å². The minimum absolute atomic E-state index is 0.00859. The van der Waals surface area contributed by atoms with Crippen LogP contribution in [0.5, 0.6) is 5.75 Å². The summed E-state index contributed by atoms with van der Waals surface area (Å²) in [6, 6.07) is 4.44. The third kappa shape index (κ3) is 6.58. The van der Waals surface area contributed by atoms with Crippen LogP contribution in [0.2, 0.25) is 0 Å². The van der Waals surface area contributed by atoms with Crippen LogP contribution in [-0.4, -0.2) is 34.5 Å². The summed E-state index contributed by atoms with van der Waals surface area (Å²) < 4.78 is 96.9. The smallest absolute Gasteiger partial charge is 0.417 e. The predicted molar refractivity (Wildman–Crippen MR) is 149 cm³/mol. The number of aliphatic hydroxyl groups is 1. The van der Waals surface area contributed by atoms with Crippen LogP contribution >= 0.6 is 0 Å². The fourth-order valence-corrected chi connectivity index (χ4v) is 6.07. The molecule has 2 aromatic carbocycles. The van der Waals surface area contributed by atoms with Crippen LogP contribution in [0.25, 0.3) is 11.1 Å². The van der Waals surface area contributed by atoms with Gasteiger partial charge in [-0.3, -0.25) is 4.79 Å². The number of rotatable bonds is 10. The predicted octanol–water partition coefficient (Wildman–Crippen LogP) is 8.04. The Labute approximate surface area is 250 Å². The average molecular weight is 623 g/mol. The highest BCUT2D eigenvalue weighted by Gasteiger charge is 2.61. The summed E-state index contributed by atoms with van der Waals surface area (Å²) in [6.07, 6.45) is -4.09. The zero-order valence-corrected chi connectivity index (χ0v) is 24.1. The maximum absolute atomic E-state index is 15.1. The number of fused-ring (bicyclic) bond motifs is 3. The maximum atomic E-state index is 15.1. The van der Waals surface area contributed by atoms with Crippen LogP contribution in [0, 0.1) is 23.6 Å². The van der Waals surface area contributed by atoms with Gasteiger partial charge in [0.05, 0.1) is 36.4 Å². The number of benzene rings is 2. The summed E-state index contributed by atoms with van der Waals surface area (Å²) in [7, 11) is 0. The van der Waals surface area contributed by atoms with E-state index >= 15 is 4.39 Å². The van der Waals surface area contributed by atoms with Crippen LogP contribution in [0.3, 0.4) is 0 Å². The highest BCUT2D eigenvalue weighted by molar-refractivity contribution is 5.78. The van der Waals surface area contributed by atoms with E-state index in [1.807, 2.05) is 6.08 Å². The normalized spacial score (nSPS) is 23.1. The number of halogens is 6. The quantitative estimate of drug-likeness (QED) is 0.207. The molecule has 3 aliphatic rings. The lowest BCUT2D eigenvalue weighted by atomic mass is 9.93. The van der Waals surface area contributed by atoms with E-state index in [0.717, 1.165) is 29.3 Å². The minimum Gasteiger partial charge on any atom is -0.493 e. The fraction of sp³-hybridized carbons (Fsp3) is 0.424. The Hall–Kier alpha value is -3.57. The van der Waals surface area contributed by atoms with Crippen molar-refractivity contribution in [3.8, 4) is 16.9 Å². The number of hydrogen-bond donors (Lipinski definition) is 2. The molecular weight excluding hydrogens is 590 g/mol. The standard InChI is InChI=1S/C33H32F6O5/c1-16-4-6-20-17(10-24-28(20)29(24)31(40)41)12-27(16)44-15-18-11-22(25(14-26(18)34)33(37,38)39)21-7-5-19(13-23(21)30(35)36)43-9-8-32(2,3)42/h5-7,11-14,24,27-30,42H,1,4,8-10,15H2,2-3H3,(H,40,41). The zero-order valence-electron chi connectivity index (χ0n) is 24.1. The van der Waals surface area contributed by atoms with Crippen LogP contribution in [0.1, 0.15) is 56.2 Å². The van der Waals surface area contributed by atoms with Gasteiger partial charge in [-0.25, -0.2) is 13.2 Å². The number of carboxylic acid groups (broad SMARTS) is 1. The molecule has 0 amide bonds. The molecule has 0 aromatic heterocycles. The van der Waals surface area contributed by atoms with E-state index < -0.39 is 70.9 Å². The summed E-state index contributed by atoms with van der Waals surface area (Å²) in [5.41, 5.74) is -2.08. The van der Waals surface area contributed by atoms with Gasteiger partial charge in [-0.15, -0.1) is 0 Å². The number of aliphatic carboxylic acids is 1. The second-order valence-corrected chi connectivity index (χ2v) is 12.2. The van der Waals surface area contributed by atoms with Crippen LogP contribution < -0.4 is 4.74 Å². The molecule has 11 heteroatoms. The van der Waals surface area contributed by atoms with Crippen molar-refractivity contribution in [3.05, 3.63) is 88.3 Å². The molecule has 2 N–H and O–H groups in total. The fourth-order valence-electron chi connectivity index (χ4n) is 6.07. The van der Waals surface area contributed by atoms with Crippen molar-refractivity contribution in [1.29, 1.82) is 0 Å². The molecule has 4 unspecified atom stereocenters. The Morgan fingerprint density at radius 2 is 1.86 bits per heavy atom. The summed E-state index contributed by atoms with van der Waals surface area (Å²) in [4.78, 5) is 11.5. The van der Waals surface area contributed by atoms with Crippen molar-refractivity contribution in [2.45, 2.75) is 64.0 Å². The summed E-state index contributed by atoms with van der Waals surface area (Å²) in [6.45, 7) is 6.62. The molecule has 0 bridgehead atoms. The summed E-state index contributed by atoms with van der Waals surface area (Å²) in [5.74, 6) is -2.54. The summed E-state index contributed by atoms with van der Waals surface area (Å²) >= 11 is 0. The third-order valence-corrected chi connectivity index (χ3v) is 8.42. The lowest BCUT2D eigenvalue weighted by Gasteiger charge is -2.21. The first-order valence-corrected chi connectivity index (χ1v) is 14.2. The van der Waals surface area contributed by atoms with Gasteiger partial charge in [0.2, 0.25) is 0 Å². The molecule has 0 aliphatic heterocycles. The first-order chi connectivity index (χ1) is 20.5. The Bertz CT molecular complexity index is 1530. The van der Waals surface area contributed by atoms with Crippen molar-refractivity contribution < 1.29 is 50.8 Å². The van der Waals surface area contributed by atoms with E-state index in [9.17, 15) is 37.0 Å². The van der Waals surface area contributed by atoms with Crippen LogP contribution in [0.15, 0.2) is 65.8 Å². The molecule has 0 radical (unpaired) electrons. The van der Waals surface area contributed by atoms with Crippen LogP contribution in [0.4, 0.5) is 26.3 Å². The molecule has 44 heavy (non-hydrogen) atoms. The third-order valence-electron chi connectivity index (χ3n) is 8.42. The van der Waals surface area contributed by atoms with E-state index in [1.165, 1.54) is 6.07 Å². The maximum Gasteiger partial charge on any atom is 0.417 e.